The summed E-state index contributed by atoms with van der Waals surface area (Å²) in [6.45, 7) is 6.02. The van der Waals surface area contributed by atoms with Gasteiger partial charge in [-0.05, 0) is 43.0 Å². The van der Waals surface area contributed by atoms with Crippen LogP contribution in [0, 0.1) is 0 Å². The van der Waals surface area contributed by atoms with Crippen molar-refractivity contribution in [3.63, 3.8) is 0 Å². The molecule has 2 amide bonds. The number of likely N-dealkylation sites (tertiary alicyclic amines) is 1. The molecule has 192 valence electrons. The minimum atomic E-state index is -0.681. The van der Waals surface area contributed by atoms with Crippen LogP contribution in [0.4, 0.5) is 5.82 Å². The number of aromatic nitrogens is 1. The Kier molecular flexibility index (Phi) is 7.51. The first-order valence-corrected chi connectivity index (χ1v) is 13.1. The molecule has 1 atom stereocenters. The van der Waals surface area contributed by atoms with Crippen LogP contribution in [0.2, 0.25) is 0 Å². The molecular weight excluding hydrogens is 464 g/mol. The van der Waals surface area contributed by atoms with Gasteiger partial charge in [0, 0.05) is 32.4 Å². The quantitative estimate of drug-likeness (QED) is 0.557. The molecule has 2 aliphatic rings. The predicted octanol–water partition coefficient (Wildman–Crippen LogP) is 3.97. The molecule has 0 aliphatic carbocycles. The van der Waals surface area contributed by atoms with Crippen molar-refractivity contribution in [3.8, 4) is 0 Å². The Bertz CT molecular complexity index is 1190. The number of rotatable bonds is 6. The smallest absolute Gasteiger partial charge is 0.255 e. The zero-order chi connectivity index (χ0) is 25.7. The van der Waals surface area contributed by atoms with E-state index >= 15 is 0 Å². The second-order valence-corrected chi connectivity index (χ2v) is 9.85. The molecule has 0 spiro atoms. The van der Waals surface area contributed by atoms with Gasteiger partial charge in [0.1, 0.15) is 5.82 Å². The molecule has 0 unspecified atom stereocenters. The molecule has 7 nitrogen and oxygen atoms in total. The van der Waals surface area contributed by atoms with E-state index in [0.29, 0.717) is 44.7 Å². The SMILES string of the molecule is C[C@H](NC(=O)C1(c2ccccc2)CCN(C(=O)c2ccc(N3CCOCC3)nc2)CC1)c1ccccc1. The number of pyridine rings is 1. The number of benzene rings is 2. The molecule has 2 aromatic carbocycles. The van der Waals surface area contributed by atoms with Crippen LogP contribution >= 0.6 is 0 Å². The Morgan fingerprint density at radius 2 is 1.54 bits per heavy atom. The van der Waals surface area contributed by atoms with Crippen molar-refractivity contribution >= 4 is 17.6 Å². The van der Waals surface area contributed by atoms with Gasteiger partial charge in [-0.2, -0.15) is 0 Å². The normalized spacial score (nSPS) is 18.2. The van der Waals surface area contributed by atoms with Gasteiger partial charge < -0.3 is 19.9 Å². The summed E-state index contributed by atoms with van der Waals surface area (Å²) in [4.78, 5) is 35.7. The fraction of sp³-hybridized carbons (Fsp3) is 0.367. The lowest BCUT2D eigenvalue weighted by atomic mass is 9.71. The van der Waals surface area contributed by atoms with E-state index < -0.39 is 5.41 Å². The van der Waals surface area contributed by atoms with Crippen LogP contribution in [0.15, 0.2) is 79.0 Å². The molecule has 0 radical (unpaired) electrons. The van der Waals surface area contributed by atoms with E-state index in [0.717, 1.165) is 30.0 Å². The van der Waals surface area contributed by atoms with Gasteiger partial charge >= 0.3 is 0 Å². The summed E-state index contributed by atoms with van der Waals surface area (Å²) in [6.07, 6.45) is 2.80. The van der Waals surface area contributed by atoms with E-state index in [-0.39, 0.29) is 17.9 Å². The number of ether oxygens (including phenoxy) is 1. The van der Waals surface area contributed by atoms with Crippen molar-refractivity contribution < 1.29 is 14.3 Å². The fourth-order valence-corrected chi connectivity index (χ4v) is 5.33. The van der Waals surface area contributed by atoms with Gasteiger partial charge in [-0.3, -0.25) is 9.59 Å². The zero-order valence-electron chi connectivity index (χ0n) is 21.3. The Balaban J connectivity index is 1.29. The van der Waals surface area contributed by atoms with Gasteiger partial charge in [-0.15, -0.1) is 0 Å². The van der Waals surface area contributed by atoms with E-state index in [9.17, 15) is 9.59 Å². The first-order chi connectivity index (χ1) is 18.1. The van der Waals surface area contributed by atoms with E-state index in [4.69, 9.17) is 4.74 Å². The summed E-state index contributed by atoms with van der Waals surface area (Å²) >= 11 is 0. The van der Waals surface area contributed by atoms with Crippen molar-refractivity contribution in [2.75, 3.05) is 44.3 Å². The van der Waals surface area contributed by atoms with Crippen LogP contribution in [0.25, 0.3) is 0 Å². The average molecular weight is 499 g/mol. The number of hydrogen-bond acceptors (Lipinski definition) is 5. The van der Waals surface area contributed by atoms with Crippen LogP contribution in [0.3, 0.4) is 0 Å². The third-order valence-corrected chi connectivity index (χ3v) is 7.64. The van der Waals surface area contributed by atoms with Gasteiger partial charge in [0.15, 0.2) is 0 Å². The third kappa shape index (κ3) is 5.37. The Labute approximate surface area is 218 Å². The van der Waals surface area contributed by atoms with Crippen molar-refractivity contribution in [2.45, 2.75) is 31.2 Å². The maximum absolute atomic E-state index is 13.8. The van der Waals surface area contributed by atoms with Crippen molar-refractivity contribution in [3.05, 3.63) is 95.7 Å². The van der Waals surface area contributed by atoms with E-state index in [2.05, 4.69) is 15.2 Å². The zero-order valence-corrected chi connectivity index (χ0v) is 21.3. The molecule has 2 aliphatic heterocycles. The summed E-state index contributed by atoms with van der Waals surface area (Å²) in [5.41, 5.74) is 1.96. The summed E-state index contributed by atoms with van der Waals surface area (Å²) in [5, 5.41) is 3.25. The highest BCUT2D eigenvalue weighted by Gasteiger charge is 2.44. The fourth-order valence-electron chi connectivity index (χ4n) is 5.33. The van der Waals surface area contributed by atoms with Gasteiger partial charge in [0.05, 0.1) is 30.2 Å². The first kappa shape index (κ1) is 25.0. The largest absolute Gasteiger partial charge is 0.378 e. The highest BCUT2D eigenvalue weighted by Crippen LogP contribution is 2.37. The van der Waals surface area contributed by atoms with Gasteiger partial charge in [0.2, 0.25) is 5.91 Å². The molecule has 2 fully saturated rings. The van der Waals surface area contributed by atoms with Gasteiger partial charge in [0.25, 0.3) is 5.91 Å². The van der Waals surface area contributed by atoms with Crippen molar-refractivity contribution in [1.82, 2.24) is 15.2 Å². The molecule has 0 saturated carbocycles. The maximum atomic E-state index is 13.8. The van der Waals surface area contributed by atoms with Crippen molar-refractivity contribution in [1.29, 1.82) is 0 Å². The topological polar surface area (TPSA) is 74.8 Å². The number of nitrogens with one attached hydrogen (secondary N) is 1. The third-order valence-electron chi connectivity index (χ3n) is 7.64. The number of nitrogens with zero attached hydrogens (tertiary/aromatic N) is 3. The number of anilines is 1. The second-order valence-electron chi connectivity index (χ2n) is 9.85. The molecule has 2 saturated heterocycles. The molecule has 5 rings (SSSR count). The average Bonchev–Trinajstić information content (AvgIpc) is 2.98. The molecule has 37 heavy (non-hydrogen) atoms. The molecule has 3 heterocycles. The standard InChI is InChI=1S/C30H34N4O3/c1-23(24-8-4-2-5-9-24)32-29(36)30(26-10-6-3-7-11-26)14-16-34(17-15-30)28(35)25-12-13-27(31-22-25)33-18-20-37-21-19-33/h2-13,22-23H,14-21H2,1H3,(H,32,36)/t23-/m0/s1. The Morgan fingerprint density at radius 3 is 2.16 bits per heavy atom. The van der Waals surface area contributed by atoms with E-state index in [1.165, 1.54) is 0 Å². The first-order valence-electron chi connectivity index (χ1n) is 13.1. The second kappa shape index (κ2) is 11.1. The lowest BCUT2D eigenvalue weighted by Crippen LogP contribution is -2.53. The number of piperidine rings is 1. The summed E-state index contributed by atoms with van der Waals surface area (Å²) in [5.74, 6) is 0.838. The lowest BCUT2D eigenvalue weighted by Gasteiger charge is -2.41. The van der Waals surface area contributed by atoms with Crippen LogP contribution in [-0.2, 0) is 14.9 Å². The highest BCUT2D eigenvalue weighted by atomic mass is 16.5. The molecule has 7 heteroatoms. The Hall–Kier alpha value is -3.71. The van der Waals surface area contributed by atoms with Gasteiger partial charge in [-0.1, -0.05) is 60.7 Å². The number of morpholine rings is 1. The number of carbonyl (C=O) groups is 2. The highest BCUT2D eigenvalue weighted by molar-refractivity contribution is 5.95. The summed E-state index contributed by atoms with van der Waals surface area (Å²) in [6, 6.07) is 23.6. The molecule has 3 aromatic rings. The molecule has 0 bridgehead atoms. The molecule has 1 aromatic heterocycles. The predicted molar refractivity (Wildman–Crippen MR) is 144 cm³/mol. The summed E-state index contributed by atoms with van der Waals surface area (Å²) in [7, 11) is 0. The Morgan fingerprint density at radius 1 is 0.892 bits per heavy atom. The molecular formula is C30H34N4O3. The van der Waals surface area contributed by atoms with Crippen molar-refractivity contribution in [2.24, 2.45) is 0 Å². The number of hydrogen-bond donors (Lipinski definition) is 1. The summed E-state index contributed by atoms with van der Waals surface area (Å²) < 4.78 is 5.41. The van der Waals surface area contributed by atoms with Crippen LogP contribution in [0.5, 0.6) is 0 Å². The number of carbonyl (C=O) groups excluding carboxylic acids is 2. The van der Waals surface area contributed by atoms with Crippen LogP contribution < -0.4 is 10.2 Å². The van der Waals surface area contributed by atoms with Crippen LogP contribution in [0.1, 0.15) is 47.3 Å². The molecule has 1 N–H and O–H groups in total. The maximum Gasteiger partial charge on any atom is 0.255 e. The van der Waals surface area contributed by atoms with Gasteiger partial charge in [-0.25, -0.2) is 4.98 Å². The van der Waals surface area contributed by atoms with E-state index in [1.54, 1.807) is 6.20 Å². The number of amides is 2. The minimum Gasteiger partial charge on any atom is -0.378 e. The van der Waals surface area contributed by atoms with Crippen LogP contribution in [-0.4, -0.2) is 61.1 Å². The minimum absolute atomic E-state index is 0.0127. The monoisotopic (exact) mass is 498 g/mol. The van der Waals surface area contributed by atoms with E-state index in [1.807, 2.05) is 84.6 Å². The lowest BCUT2D eigenvalue weighted by molar-refractivity contribution is -0.129.